The molecule has 106 valence electrons. The Morgan fingerprint density at radius 2 is 2.11 bits per heavy atom. The van der Waals surface area contributed by atoms with E-state index in [1.807, 2.05) is 13.8 Å². The summed E-state index contributed by atoms with van der Waals surface area (Å²) < 4.78 is 0. The van der Waals surface area contributed by atoms with Crippen LogP contribution in [-0.2, 0) is 4.79 Å². The van der Waals surface area contributed by atoms with Crippen molar-refractivity contribution in [3.8, 4) is 6.07 Å². The van der Waals surface area contributed by atoms with Gasteiger partial charge in [-0.1, -0.05) is 13.8 Å². The molecule has 1 rings (SSSR count). The molecule has 1 aliphatic heterocycles. The van der Waals surface area contributed by atoms with Crippen LogP contribution in [0, 0.1) is 16.7 Å². The van der Waals surface area contributed by atoms with Gasteiger partial charge in [-0.15, -0.1) is 24.8 Å². The minimum Gasteiger partial charge on any atom is -0.330 e. The highest BCUT2D eigenvalue weighted by Crippen LogP contribution is 2.23. The molecule has 1 amide bonds. The maximum atomic E-state index is 12.1. The zero-order valence-electron chi connectivity index (χ0n) is 10.8. The second-order valence-electron chi connectivity index (χ2n) is 4.99. The van der Waals surface area contributed by atoms with Gasteiger partial charge < -0.3 is 16.4 Å². The molecule has 1 unspecified atom stereocenters. The summed E-state index contributed by atoms with van der Waals surface area (Å²) in [5, 5.41) is 8.92. The molecule has 0 aromatic carbocycles. The molecule has 0 bridgehead atoms. The fourth-order valence-corrected chi connectivity index (χ4v) is 1.80. The van der Waals surface area contributed by atoms with Crippen LogP contribution < -0.4 is 11.5 Å². The van der Waals surface area contributed by atoms with Crippen molar-refractivity contribution in [3.05, 3.63) is 0 Å². The number of nitrogens with zero attached hydrogens (tertiary/aromatic N) is 2. The van der Waals surface area contributed by atoms with Gasteiger partial charge in [0, 0.05) is 12.0 Å². The summed E-state index contributed by atoms with van der Waals surface area (Å²) in [6, 6.07) is 1.19. The van der Waals surface area contributed by atoms with E-state index < -0.39 is 11.5 Å². The molecule has 0 aliphatic carbocycles. The molecule has 1 aliphatic rings. The summed E-state index contributed by atoms with van der Waals surface area (Å²) >= 11 is 0. The number of amides is 1. The summed E-state index contributed by atoms with van der Waals surface area (Å²) in [6.07, 6.45) is 1.62. The van der Waals surface area contributed by atoms with Gasteiger partial charge in [0.25, 0.3) is 0 Å². The minimum atomic E-state index is -0.633. The highest BCUT2D eigenvalue weighted by Gasteiger charge is 2.37. The van der Waals surface area contributed by atoms with Crippen LogP contribution in [0.3, 0.4) is 0 Å². The van der Waals surface area contributed by atoms with Crippen LogP contribution in [0.25, 0.3) is 0 Å². The van der Waals surface area contributed by atoms with Gasteiger partial charge in [-0.3, -0.25) is 4.79 Å². The molecule has 1 saturated heterocycles. The van der Waals surface area contributed by atoms with E-state index in [0.717, 1.165) is 12.8 Å². The van der Waals surface area contributed by atoms with Crippen molar-refractivity contribution in [2.75, 3.05) is 13.1 Å². The summed E-state index contributed by atoms with van der Waals surface area (Å²) in [5.41, 5.74) is 11.1. The second kappa shape index (κ2) is 7.80. The van der Waals surface area contributed by atoms with Crippen molar-refractivity contribution in [2.24, 2.45) is 16.9 Å². The normalized spacial score (nSPS) is 20.4. The molecule has 5 nitrogen and oxygen atoms in total. The van der Waals surface area contributed by atoms with Gasteiger partial charge in [-0.05, 0) is 19.4 Å². The third-order valence-corrected chi connectivity index (χ3v) is 3.32. The molecular weight excluding hydrogens is 275 g/mol. The van der Waals surface area contributed by atoms with Gasteiger partial charge in [0.1, 0.15) is 6.04 Å². The van der Waals surface area contributed by atoms with E-state index in [-0.39, 0.29) is 36.8 Å². The van der Waals surface area contributed by atoms with Crippen LogP contribution in [0.1, 0.15) is 26.7 Å². The van der Waals surface area contributed by atoms with Crippen molar-refractivity contribution in [1.29, 1.82) is 5.26 Å². The minimum absolute atomic E-state index is 0. The van der Waals surface area contributed by atoms with E-state index in [1.54, 1.807) is 4.90 Å². The van der Waals surface area contributed by atoms with E-state index in [4.69, 9.17) is 16.7 Å². The van der Waals surface area contributed by atoms with Gasteiger partial charge in [0.15, 0.2) is 0 Å². The quantitative estimate of drug-likeness (QED) is 0.799. The number of halogens is 2. The van der Waals surface area contributed by atoms with Gasteiger partial charge in [-0.2, -0.15) is 5.26 Å². The van der Waals surface area contributed by atoms with Gasteiger partial charge in [0.05, 0.1) is 12.1 Å². The predicted molar refractivity (Wildman–Crippen MR) is 75.7 cm³/mol. The summed E-state index contributed by atoms with van der Waals surface area (Å²) in [7, 11) is 0. The van der Waals surface area contributed by atoms with Crippen molar-refractivity contribution < 1.29 is 4.79 Å². The molecule has 0 saturated carbocycles. The maximum absolute atomic E-state index is 12.1. The molecule has 7 heteroatoms. The van der Waals surface area contributed by atoms with Crippen molar-refractivity contribution in [1.82, 2.24) is 4.90 Å². The average Bonchev–Trinajstić information content (AvgIpc) is 2.74. The van der Waals surface area contributed by atoms with E-state index in [0.29, 0.717) is 13.1 Å². The van der Waals surface area contributed by atoms with Crippen LogP contribution in [0.2, 0.25) is 0 Å². The third-order valence-electron chi connectivity index (χ3n) is 3.32. The Labute approximate surface area is 121 Å². The maximum Gasteiger partial charge on any atom is 0.241 e. The molecular formula is C11H22Cl2N4O. The average molecular weight is 297 g/mol. The predicted octanol–water partition coefficient (Wildman–Crippen LogP) is 0.657. The summed E-state index contributed by atoms with van der Waals surface area (Å²) in [5.74, 6) is -0.153. The smallest absolute Gasteiger partial charge is 0.241 e. The Balaban J connectivity index is 0. The number of likely N-dealkylation sites (tertiary alicyclic amines) is 1. The Bertz CT molecular complexity index is 317. The largest absolute Gasteiger partial charge is 0.330 e. The molecule has 18 heavy (non-hydrogen) atoms. The Morgan fingerprint density at radius 1 is 1.56 bits per heavy atom. The summed E-state index contributed by atoms with van der Waals surface area (Å²) in [4.78, 5) is 13.7. The number of nitrogens with two attached hydrogens (primary N) is 2. The lowest BCUT2D eigenvalue weighted by molar-refractivity contribution is -0.135. The van der Waals surface area contributed by atoms with Crippen LogP contribution in [0.5, 0.6) is 0 Å². The number of rotatable bonds is 3. The number of nitriles is 1. The van der Waals surface area contributed by atoms with E-state index in [2.05, 4.69) is 6.07 Å². The first-order chi connectivity index (χ1) is 7.44. The topological polar surface area (TPSA) is 96.1 Å². The SMILES string of the molecule is CC(C)(CN)C(N)C(=O)N1CCC[C@H]1C#N.Cl.Cl. The van der Waals surface area contributed by atoms with Crippen molar-refractivity contribution >= 4 is 30.7 Å². The van der Waals surface area contributed by atoms with Gasteiger partial charge >= 0.3 is 0 Å². The monoisotopic (exact) mass is 296 g/mol. The number of hydrogen-bond acceptors (Lipinski definition) is 4. The molecule has 0 radical (unpaired) electrons. The highest BCUT2D eigenvalue weighted by molar-refractivity contribution is 5.85. The highest BCUT2D eigenvalue weighted by atomic mass is 35.5. The lowest BCUT2D eigenvalue weighted by atomic mass is 9.84. The van der Waals surface area contributed by atoms with Gasteiger partial charge in [-0.25, -0.2) is 0 Å². The first kappa shape index (κ1) is 19.8. The molecule has 1 heterocycles. The molecule has 1 fully saturated rings. The molecule has 2 atom stereocenters. The Morgan fingerprint density at radius 3 is 2.56 bits per heavy atom. The number of carbonyl (C=O) groups excluding carboxylic acids is 1. The first-order valence-corrected chi connectivity index (χ1v) is 5.60. The standard InChI is InChI=1S/C11H20N4O.2ClH/c1-11(2,7-13)9(14)10(16)15-5-3-4-8(15)6-12;;/h8-9H,3-5,7,13-14H2,1-2H3;2*1H/t8-,9?;;/m0../s1. The van der Waals surface area contributed by atoms with Crippen LogP contribution >= 0.6 is 24.8 Å². The molecule has 4 N–H and O–H groups in total. The first-order valence-electron chi connectivity index (χ1n) is 5.60. The van der Waals surface area contributed by atoms with Crippen LogP contribution in [0.4, 0.5) is 0 Å². The zero-order chi connectivity index (χ0) is 12.3. The van der Waals surface area contributed by atoms with Crippen molar-refractivity contribution in [2.45, 2.75) is 38.8 Å². The van der Waals surface area contributed by atoms with Crippen LogP contribution in [0.15, 0.2) is 0 Å². The van der Waals surface area contributed by atoms with Crippen LogP contribution in [-0.4, -0.2) is 36.0 Å². The fraction of sp³-hybridized carbons (Fsp3) is 0.818. The fourth-order valence-electron chi connectivity index (χ4n) is 1.80. The van der Waals surface area contributed by atoms with Crippen molar-refractivity contribution in [3.63, 3.8) is 0 Å². The van der Waals surface area contributed by atoms with E-state index in [1.165, 1.54) is 0 Å². The number of hydrogen-bond donors (Lipinski definition) is 2. The summed E-state index contributed by atoms with van der Waals surface area (Å²) in [6.45, 7) is 4.72. The van der Waals surface area contributed by atoms with Gasteiger partial charge in [0.2, 0.25) is 5.91 Å². The lowest BCUT2D eigenvalue weighted by Crippen LogP contribution is -2.54. The Hall–Kier alpha value is -0.540. The molecule has 0 spiro atoms. The molecule has 0 aromatic rings. The number of carbonyl (C=O) groups is 1. The molecule has 0 aromatic heterocycles. The zero-order valence-corrected chi connectivity index (χ0v) is 12.4. The lowest BCUT2D eigenvalue weighted by Gasteiger charge is -2.33. The Kier molecular flexibility index (Phi) is 8.58. The second-order valence-corrected chi connectivity index (χ2v) is 4.99. The third kappa shape index (κ3) is 3.99. The van der Waals surface area contributed by atoms with E-state index in [9.17, 15) is 4.79 Å². The van der Waals surface area contributed by atoms with E-state index >= 15 is 0 Å².